The third-order valence-electron chi connectivity index (χ3n) is 5.22. The van der Waals surface area contributed by atoms with Crippen LogP contribution in [0.3, 0.4) is 0 Å². The van der Waals surface area contributed by atoms with Crippen molar-refractivity contribution in [3.8, 4) is 11.6 Å². The van der Waals surface area contributed by atoms with Crippen molar-refractivity contribution in [2.45, 2.75) is 36.9 Å². The predicted molar refractivity (Wildman–Crippen MR) is 127 cm³/mol. The molecule has 0 aliphatic heterocycles. The Kier molecular flexibility index (Phi) is 8.56. The highest BCUT2D eigenvalue weighted by Gasteiger charge is 2.61. The highest BCUT2D eigenvalue weighted by atomic mass is 127. The molecule has 17 heteroatoms. The van der Waals surface area contributed by atoms with Gasteiger partial charge in [-0.1, -0.05) is 6.08 Å². The van der Waals surface area contributed by atoms with Gasteiger partial charge in [0.15, 0.2) is 5.69 Å². The number of aliphatic hydroxyl groups excluding tert-OH is 1. The molecule has 2 heterocycles. The van der Waals surface area contributed by atoms with E-state index in [2.05, 4.69) is 21.8 Å². The number of halogens is 8. The van der Waals surface area contributed by atoms with Crippen LogP contribution < -0.4 is 5.32 Å². The van der Waals surface area contributed by atoms with Crippen molar-refractivity contribution < 1.29 is 55.3 Å². The van der Waals surface area contributed by atoms with Crippen LogP contribution >= 0.6 is 22.6 Å². The van der Waals surface area contributed by atoms with Gasteiger partial charge in [-0.05, 0) is 59.7 Å². The molecule has 0 bridgehead atoms. The fourth-order valence-corrected chi connectivity index (χ4v) is 3.91. The first-order valence-electron chi connectivity index (χ1n) is 10.5. The van der Waals surface area contributed by atoms with Crippen molar-refractivity contribution >= 4 is 34.4 Å². The lowest BCUT2D eigenvalue weighted by molar-refractivity contribution is -0.256. The van der Waals surface area contributed by atoms with Crippen LogP contribution in [0.5, 0.6) is 0 Å². The molecule has 0 fully saturated rings. The summed E-state index contributed by atoms with van der Waals surface area (Å²) >= 11 is 1.56. The number of alkyl halides is 6. The number of aliphatic hydroxyl groups is 2. The zero-order chi connectivity index (χ0) is 29.3. The normalized spacial score (nSPS) is 14.5. The Morgan fingerprint density at radius 3 is 2.38 bits per heavy atom. The first-order chi connectivity index (χ1) is 18.0. The van der Waals surface area contributed by atoms with E-state index in [4.69, 9.17) is 9.52 Å². The fraction of sp³-hybridized carbons (Fsp3) is 0.273. The summed E-state index contributed by atoms with van der Waals surface area (Å²) in [7, 11) is 0. The number of amides is 1. The number of aromatic nitrogens is 3. The molecular formula is C22H16F7IN4O5. The number of pyridine rings is 1. The van der Waals surface area contributed by atoms with E-state index in [1.807, 2.05) is 0 Å². The minimum atomic E-state index is -5.65. The smallest absolute Gasteiger partial charge is 0.430 e. The molecule has 9 nitrogen and oxygen atoms in total. The molecule has 0 aliphatic carbocycles. The van der Waals surface area contributed by atoms with E-state index in [1.54, 1.807) is 27.9 Å². The average Bonchev–Trinajstić information content (AvgIpc) is 3.32. The highest BCUT2D eigenvalue weighted by Crippen LogP contribution is 2.46. The Hall–Kier alpha value is -3.32. The number of allylic oxidation sites excluding steroid dienone is 1. The van der Waals surface area contributed by atoms with Gasteiger partial charge in [-0.25, -0.2) is 14.2 Å². The van der Waals surface area contributed by atoms with Crippen LogP contribution in [0, 0.1) is 9.39 Å². The molecule has 2 unspecified atom stereocenters. The minimum Gasteiger partial charge on any atom is -0.465 e. The van der Waals surface area contributed by atoms with Crippen LogP contribution in [0.4, 0.5) is 41.2 Å². The lowest BCUT2D eigenvalue weighted by Crippen LogP contribution is -2.44. The van der Waals surface area contributed by atoms with E-state index in [1.165, 1.54) is 6.08 Å². The fourth-order valence-electron chi connectivity index (χ4n) is 3.42. The molecule has 0 aliphatic rings. The second kappa shape index (κ2) is 11.0. The van der Waals surface area contributed by atoms with Gasteiger partial charge in [0.1, 0.15) is 5.82 Å². The van der Waals surface area contributed by atoms with E-state index in [0.29, 0.717) is 12.1 Å². The zero-order valence-electron chi connectivity index (χ0n) is 19.1. The summed E-state index contributed by atoms with van der Waals surface area (Å²) in [6, 6.07) is 2.66. The van der Waals surface area contributed by atoms with Crippen molar-refractivity contribution in [3.05, 3.63) is 69.0 Å². The molecule has 0 saturated carbocycles. The van der Waals surface area contributed by atoms with E-state index in [-0.39, 0.29) is 22.5 Å². The Bertz CT molecular complexity index is 1400. The number of rotatable bonds is 8. The molecule has 3 rings (SSSR count). The van der Waals surface area contributed by atoms with Crippen LogP contribution in [-0.4, -0.2) is 42.8 Å². The number of anilines is 1. The van der Waals surface area contributed by atoms with Crippen LogP contribution in [-0.2, 0) is 11.8 Å². The Balaban J connectivity index is 2.29. The van der Waals surface area contributed by atoms with Crippen molar-refractivity contribution in [1.29, 1.82) is 0 Å². The maximum Gasteiger partial charge on any atom is 0.430 e. The molecule has 2 atom stereocenters. The number of nitrogens with zero attached hydrogens (tertiary/aromatic N) is 3. The molecule has 2 aromatic heterocycles. The van der Waals surface area contributed by atoms with Crippen LogP contribution in [0.15, 0.2) is 41.3 Å². The number of nitrogens with one attached hydrogen (secondary N) is 1. The number of carbonyl (C=O) groups is 1. The topological polar surface area (TPSA) is 142 Å². The van der Waals surface area contributed by atoms with Crippen LogP contribution in [0.1, 0.15) is 41.7 Å². The van der Waals surface area contributed by atoms with Crippen LogP contribution in [0.2, 0.25) is 0 Å². The summed E-state index contributed by atoms with van der Waals surface area (Å²) < 4.78 is 103. The summed E-state index contributed by atoms with van der Waals surface area (Å²) in [5, 5.41) is 38.1. The lowest BCUT2D eigenvalue weighted by atomic mass is 9.92. The van der Waals surface area contributed by atoms with Gasteiger partial charge < -0.3 is 19.7 Å². The van der Waals surface area contributed by atoms with E-state index >= 15 is 0 Å². The average molecular weight is 676 g/mol. The second-order valence-electron chi connectivity index (χ2n) is 7.87. The largest absolute Gasteiger partial charge is 0.465 e. The predicted octanol–water partition coefficient (Wildman–Crippen LogP) is 5.78. The van der Waals surface area contributed by atoms with E-state index < -0.39 is 76.0 Å². The lowest BCUT2D eigenvalue weighted by Gasteiger charge is -2.27. The first-order valence-corrected chi connectivity index (χ1v) is 11.6. The summed E-state index contributed by atoms with van der Waals surface area (Å²) in [5.41, 5.74) is -9.96. The van der Waals surface area contributed by atoms with Gasteiger partial charge in [-0.2, -0.15) is 26.3 Å². The van der Waals surface area contributed by atoms with Crippen molar-refractivity contribution in [2.24, 2.45) is 0 Å². The molecule has 1 aromatic carbocycles. The van der Waals surface area contributed by atoms with Crippen molar-refractivity contribution in [3.63, 3.8) is 0 Å². The number of benzene rings is 1. The second-order valence-corrected chi connectivity index (χ2v) is 9.12. The molecule has 0 radical (unpaired) electrons. The van der Waals surface area contributed by atoms with Gasteiger partial charge in [-0.3, -0.25) is 5.32 Å². The standard InChI is InChI=1S/C22H16F7IN4O5/c1-2-3-4-14(35)15-11(21(24,25)26)8-13(31-19(36)37)16(32-15)17-33-34-18(39-17)20(38,22(27,28)29)10-7-9(30)5-6-12(10)23/h2,5-8,14,31,35,38H,1,3-4H2,(H,36,37). The number of hydrogen-bond donors (Lipinski definition) is 4. The molecular weight excluding hydrogens is 660 g/mol. The quantitative estimate of drug-likeness (QED) is 0.134. The molecule has 3 aromatic rings. The van der Waals surface area contributed by atoms with Gasteiger partial charge in [-0.15, -0.1) is 16.8 Å². The molecule has 0 spiro atoms. The van der Waals surface area contributed by atoms with Crippen molar-refractivity contribution in [2.75, 3.05) is 5.32 Å². The third kappa shape index (κ3) is 6.14. The number of carboxylic acid groups (broad SMARTS) is 1. The summed E-state index contributed by atoms with van der Waals surface area (Å²) in [6.07, 6.45) is -13.5. The van der Waals surface area contributed by atoms with Gasteiger partial charge in [0.05, 0.1) is 23.0 Å². The van der Waals surface area contributed by atoms with Crippen molar-refractivity contribution in [1.82, 2.24) is 15.2 Å². The Morgan fingerprint density at radius 2 is 1.82 bits per heavy atom. The van der Waals surface area contributed by atoms with E-state index in [0.717, 1.165) is 6.07 Å². The van der Waals surface area contributed by atoms with Gasteiger partial charge in [0.2, 0.25) is 0 Å². The molecule has 0 saturated heterocycles. The first kappa shape index (κ1) is 30.2. The highest BCUT2D eigenvalue weighted by molar-refractivity contribution is 14.1. The van der Waals surface area contributed by atoms with Crippen LogP contribution in [0.25, 0.3) is 11.6 Å². The van der Waals surface area contributed by atoms with Gasteiger partial charge in [0.25, 0.3) is 17.4 Å². The molecule has 39 heavy (non-hydrogen) atoms. The SMILES string of the molecule is C=CCCC(O)c1nc(-c2nnc(C(O)(c3cc(I)ccc3F)C(F)(F)F)o2)c(NC(=O)O)cc1C(F)(F)F. The third-order valence-corrected chi connectivity index (χ3v) is 5.90. The Labute approximate surface area is 227 Å². The number of hydrogen-bond acceptors (Lipinski definition) is 7. The maximum absolute atomic E-state index is 14.4. The van der Waals surface area contributed by atoms with Gasteiger partial charge in [0, 0.05) is 9.13 Å². The van der Waals surface area contributed by atoms with E-state index in [9.17, 15) is 45.7 Å². The Morgan fingerprint density at radius 1 is 1.15 bits per heavy atom. The van der Waals surface area contributed by atoms with Gasteiger partial charge >= 0.3 is 18.4 Å². The molecule has 1 amide bonds. The summed E-state index contributed by atoms with van der Waals surface area (Å²) in [5.74, 6) is -4.21. The molecule has 4 N–H and O–H groups in total. The summed E-state index contributed by atoms with van der Waals surface area (Å²) in [4.78, 5) is 14.9. The monoisotopic (exact) mass is 676 g/mol. The maximum atomic E-state index is 14.4. The minimum absolute atomic E-state index is 0.0371. The zero-order valence-corrected chi connectivity index (χ0v) is 21.3. The summed E-state index contributed by atoms with van der Waals surface area (Å²) in [6.45, 7) is 3.39. The molecule has 210 valence electrons.